The molecule has 0 bridgehead atoms. The quantitative estimate of drug-likeness (QED) is 0.620. The summed E-state index contributed by atoms with van der Waals surface area (Å²) < 4.78 is 40.1. The molecule has 0 aliphatic carbocycles. The van der Waals surface area contributed by atoms with Crippen molar-refractivity contribution in [2.45, 2.75) is 11.8 Å². The summed E-state index contributed by atoms with van der Waals surface area (Å²) in [5.74, 6) is -2.01. The molecule has 1 rings (SSSR count). The van der Waals surface area contributed by atoms with E-state index < -0.39 is 31.3 Å². The number of esters is 1. The van der Waals surface area contributed by atoms with Gasteiger partial charge in [-0.2, -0.15) is 0 Å². The molecule has 1 aromatic rings. The number of hydrogen-bond acceptors (Lipinski definition) is 4. The molecule has 0 N–H and O–H groups in total. The van der Waals surface area contributed by atoms with Gasteiger partial charge in [-0.25, -0.2) is 17.6 Å². The van der Waals surface area contributed by atoms with Crippen LogP contribution in [-0.2, 0) is 13.8 Å². The number of benzene rings is 1. The van der Waals surface area contributed by atoms with Gasteiger partial charge in [0.2, 0.25) is 0 Å². The van der Waals surface area contributed by atoms with Gasteiger partial charge in [-0.3, -0.25) is 0 Å². The third-order valence-electron chi connectivity index (χ3n) is 1.71. The highest BCUT2D eigenvalue weighted by molar-refractivity contribution is 8.13. The molecule has 0 radical (unpaired) electrons. The van der Waals surface area contributed by atoms with Crippen LogP contribution in [0.5, 0.6) is 0 Å². The highest BCUT2D eigenvalue weighted by Crippen LogP contribution is 2.23. The number of halogens is 2. The summed E-state index contributed by atoms with van der Waals surface area (Å²) in [4.78, 5) is 10.5. The van der Waals surface area contributed by atoms with Crippen LogP contribution in [0, 0.1) is 5.82 Å². The highest BCUT2D eigenvalue weighted by Gasteiger charge is 2.25. The fourth-order valence-electron chi connectivity index (χ4n) is 1.13. The van der Waals surface area contributed by atoms with Gasteiger partial charge < -0.3 is 4.74 Å². The lowest BCUT2D eigenvalue weighted by atomic mass is 10.2. The SMILES string of the molecule is CCOC(=O)c1cccc(F)c1S(=O)(=O)Cl. The molecule has 0 unspecified atom stereocenters. The van der Waals surface area contributed by atoms with E-state index in [1.54, 1.807) is 6.92 Å². The number of carbonyl (C=O) groups is 1. The maximum absolute atomic E-state index is 13.3. The summed E-state index contributed by atoms with van der Waals surface area (Å²) in [5, 5.41) is 0. The van der Waals surface area contributed by atoms with Gasteiger partial charge in [0.25, 0.3) is 9.05 Å². The van der Waals surface area contributed by atoms with Crippen LogP contribution in [0.3, 0.4) is 0 Å². The minimum Gasteiger partial charge on any atom is -0.462 e. The van der Waals surface area contributed by atoms with Crippen molar-refractivity contribution in [3.05, 3.63) is 29.6 Å². The summed E-state index contributed by atoms with van der Waals surface area (Å²) in [6, 6.07) is 3.24. The van der Waals surface area contributed by atoms with Gasteiger partial charge in [-0.1, -0.05) is 6.07 Å². The largest absolute Gasteiger partial charge is 0.462 e. The molecule has 0 atom stereocenters. The maximum atomic E-state index is 13.3. The van der Waals surface area contributed by atoms with Crippen molar-refractivity contribution in [2.24, 2.45) is 0 Å². The second-order valence-electron chi connectivity index (χ2n) is 2.77. The minimum atomic E-state index is -4.33. The topological polar surface area (TPSA) is 60.4 Å². The molecule has 7 heteroatoms. The number of ether oxygens (including phenoxy) is 1. The molecular formula is C9H8ClFO4S. The smallest absolute Gasteiger partial charge is 0.339 e. The van der Waals surface area contributed by atoms with Crippen LogP contribution < -0.4 is 0 Å². The Hall–Kier alpha value is -1.14. The number of rotatable bonds is 3. The predicted octanol–water partition coefficient (Wildman–Crippen LogP) is 1.93. The summed E-state index contributed by atoms with van der Waals surface area (Å²) in [6.45, 7) is 1.60. The van der Waals surface area contributed by atoms with E-state index in [0.29, 0.717) is 0 Å². The molecule has 0 saturated heterocycles. The van der Waals surface area contributed by atoms with E-state index in [9.17, 15) is 17.6 Å². The molecule has 0 aliphatic rings. The Morgan fingerprint density at radius 3 is 2.62 bits per heavy atom. The van der Waals surface area contributed by atoms with Crippen LogP contribution >= 0.6 is 10.7 Å². The Morgan fingerprint density at radius 2 is 2.12 bits per heavy atom. The zero-order valence-electron chi connectivity index (χ0n) is 8.24. The summed E-state index contributed by atoms with van der Waals surface area (Å²) in [5.41, 5.74) is -0.406. The molecule has 0 aliphatic heterocycles. The molecule has 0 spiro atoms. The Morgan fingerprint density at radius 1 is 1.50 bits per heavy atom. The summed E-state index contributed by atoms with van der Waals surface area (Å²) in [6.07, 6.45) is 0. The Labute approximate surface area is 96.4 Å². The predicted molar refractivity (Wildman–Crippen MR) is 55.4 cm³/mol. The van der Waals surface area contributed by atoms with E-state index in [-0.39, 0.29) is 6.61 Å². The van der Waals surface area contributed by atoms with Crippen molar-refractivity contribution in [1.82, 2.24) is 0 Å². The molecule has 0 aromatic heterocycles. The Kier molecular flexibility index (Phi) is 3.88. The van der Waals surface area contributed by atoms with E-state index in [0.717, 1.165) is 12.1 Å². The van der Waals surface area contributed by atoms with Gasteiger partial charge >= 0.3 is 5.97 Å². The van der Waals surface area contributed by atoms with E-state index in [2.05, 4.69) is 4.74 Å². The first-order valence-electron chi connectivity index (χ1n) is 4.28. The van der Waals surface area contributed by atoms with Crippen molar-refractivity contribution < 1.29 is 22.3 Å². The standard InChI is InChI=1S/C9H8ClFO4S/c1-2-15-9(12)6-4-3-5-7(11)8(6)16(10,13)14/h3-5H,2H2,1H3. The van der Waals surface area contributed by atoms with Crippen LogP contribution in [0.1, 0.15) is 17.3 Å². The van der Waals surface area contributed by atoms with Gasteiger partial charge in [0, 0.05) is 10.7 Å². The van der Waals surface area contributed by atoms with Gasteiger partial charge in [0.1, 0.15) is 10.7 Å². The van der Waals surface area contributed by atoms with Crippen LogP contribution in [0.25, 0.3) is 0 Å². The molecule has 0 saturated carbocycles. The van der Waals surface area contributed by atoms with Crippen LogP contribution in [0.15, 0.2) is 23.1 Å². The number of hydrogen-bond donors (Lipinski definition) is 0. The van der Waals surface area contributed by atoms with Crippen molar-refractivity contribution in [2.75, 3.05) is 6.61 Å². The fourth-order valence-corrected chi connectivity index (χ4v) is 2.31. The van der Waals surface area contributed by atoms with Crippen molar-refractivity contribution in [1.29, 1.82) is 0 Å². The third kappa shape index (κ3) is 2.70. The Balaban J connectivity index is 3.41. The van der Waals surface area contributed by atoms with Gasteiger partial charge in [-0.15, -0.1) is 0 Å². The lowest BCUT2D eigenvalue weighted by molar-refractivity contribution is 0.0521. The first-order valence-corrected chi connectivity index (χ1v) is 6.59. The normalized spacial score (nSPS) is 11.2. The lowest BCUT2D eigenvalue weighted by Gasteiger charge is -2.06. The van der Waals surface area contributed by atoms with Gasteiger partial charge in [0.15, 0.2) is 0 Å². The second kappa shape index (κ2) is 4.80. The second-order valence-corrected chi connectivity index (χ2v) is 5.28. The van der Waals surface area contributed by atoms with Crippen LogP contribution in [-0.4, -0.2) is 21.0 Å². The van der Waals surface area contributed by atoms with Crippen molar-refractivity contribution in [3.63, 3.8) is 0 Å². The molecule has 88 valence electrons. The molecule has 0 amide bonds. The molecule has 16 heavy (non-hydrogen) atoms. The van der Waals surface area contributed by atoms with E-state index >= 15 is 0 Å². The first kappa shape index (κ1) is 12.9. The van der Waals surface area contributed by atoms with Crippen molar-refractivity contribution in [3.8, 4) is 0 Å². The zero-order chi connectivity index (χ0) is 12.3. The summed E-state index contributed by atoms with van der Waals surface area (Å²) in [7, 11) is 0.707. The third-order valence-corrected chi connectivity index (χ3v) is 3.07. The average molecular weight is 267 g/mol. The van der Waals surface area contributed by atoms with Crippen molar-refractivity contribution >= 4 is 25.7 Å². The first-order chi connectivity index (χ1) is 7.38. The number of carbonyl (C=O) groups excluding carboxylic acids is 1. The maximum Gasteiger partial charge on any atom is 0.339 e. The van der Waals surface area contributed by atoms with Crippen LogP contribution in [0.2, 0.25) is 0 Å². The molecule has 0 heterocycles. The molecule has 0 fully saturated rings. The summed E-state index contributed by atoms with van der Waals surface area (Å²) >= 11 is 0. The van der Waals surface area contributed by atoms with E-state index in [1.165, 1.54) is 6.07 Å². The van der Waals surface area contributed by atoms with Gasteiger partial charge in [0.05, 0.1) is 12.2 Å². The highest BCUT2D eigenvalue weighted by atomic mass is 35.7. The minimum absolute atomic E-state index is 0.0527. The monoisotopic (exact) mass is 266 g/mol. The molecule has 4 nitrogen and oxygen atoms in total. The average Bonchev–Trinajstić information content (AvgIpc) is 2.15. The van der Waals surface area contributed by atoms with E-state index in [1.807, 2.05) is 0 Å². The van der Waals surface area contributed by atoms with Gasteiger partial charge in [-0.05, 0) is 19.1 Å². The van der Waals surface area contributed by atoms with E-state index in [4.69, 9.17) is 10.7 Å². The molecule has 1 aromatic carbocycles. The fraction of sp³-hybridized carbons (Fsp3) is 0.222. The Bertz CT molecular complexity index is 512. The lowest BCUT2D eigenvalue weighted by Crippen LogP contribution is -2.11. The molecular weight excluding hydrogens is 259 g/mol. The van der Waals surface area contributed by atoms with Crippen LogP contribution in [0.4, 0.5) is 4.39 Å². The zero-order valence-corrected chi connectivity index (χ0v) is 9.81.